The molecule has 2 heterocycles. The van der Waals surface area contributed by atoms with Gasteiger partial charge in [0.25, 0.3) is 0 Å². The summed E-state index contributed by atoms with van der Waals surface area (Å²) in [5.41, 5.74) is 1.24. The van der Waals surface area contributed by atoms with Crippen LogP contribution >= 0.6 is 15.9 Å². The fourth-order valence-corrected chi connectivity index (χ4v) is 5.27. The highest BCUT2D eigenvalue weighted by Gasteiger charge is 2.34. The van der Waals surface area contributed by atoms with E-state index in [1.54, 1.807) is 0 Å². The van der Waals surface area contributed by atoms with Crippen LogP contribution in [-0.4, -0.2) is 65.3 Å². The van der Waals surface area contributed by atoms with E-state index in [-0.39, 0.29) is 11.8 Å². The van der Waals surface area contributed by atoms with E-state index in [1.165, 1.54) is 31.2 Å². The van der Waals surface area contributed by atoms with Gasteiger partial charge in [0.2, 0.25) is 11.8 Å². The Morgan fingerprint density at radius 1 is 0.933 bits per heavy atom. The molecule has 2 aliphatic heterocycles. The number of rotatable bonds is 6. The molecule has 1 saturated carbocycles. The van der Waals surface area contributed by atoms with Crippen molar-refractivity contribution in [2.45, 2.75) is 64.0 Å². The number of hydrogen-bond acceptors (Lipinski definition) is 3. The van der Waals surface area contributed by atoms with Crippen molar-refractivity contribution in [3.63, 3.8) is 0 Å². The predicted octanol–water partition coefficient (Wildman–Crippen LogP) is 4.05. The SMILES string of the molecule is O=C(CN(Cc1cccc(Br)c1)C1CC1)N1CCC(C(=O)N2CCCCCC2)CC1. The highest BCUT2D eigenvalue weighted by Crippen LogP contribution is 2.29. The van der Waals surface area contributed by atoms with E-state index in [0.29, 0.717) is 18.5 Å². The first-order chi connectivity index (χ1) is 14.6. The van der Waals surface area contributed by atoms with Gasteiger partial charge in [-0.3, -0.25) is 14.5 Å². The van der Waals surface area contributed by atoms with Crippen molar-refractivity contribution >= 4 is 27.7 Å². The van der Waals surface area contributed by atoms with Crippen LogP contribution in [0.4, 0.5) is 0 Å². The van der Waals surface area contributed by atoms with Crippen molar-refractivity contribution in [3.05, 3.63) is 34.3 Å². The van der Waals surface area contributed by atoms with Gasteiger partial charge in [-0.25, -0.2) is 0 Å². The molecule has 1 aromatic carbocycles. The van der Waals surface area contributed by atoms with Gasteiger partial charge in [-0.2, -0.15) is 0 Å². The largest absolute Gasteiger partial charge is 0.342 e. The number of hydrogen-bond donors (Lipinski definition) is 0. The molecule has 0 aromatic heterocycles. The zero-order valence-corrected chi connectivity index (χ0v) is 19.5. The minimum absolute atomic E-state index is 0.105. The summed E-state index contributed by atoms with van der Waals surface area (Å²) in [6.45, 7) is 4.59. The first kappa shape index (κ1) is 21.8. The summed E-state index contributed by atoms with van der Waals surface area (Å²) in [6, 6.07) is 8.89. The molecule has 2 amide bonds. The Morgan fingerprint density at radius 2 is 1.63 bits per heavy atom. The molecule has 1 aliphatic carbocycles. The van der Waals surface area contributed by atoms with Crippen molar-refractivity contribution in [1.29, 1.82) is 0 Å². The van der Waals surface area contributed by atoms with E-state index in [4.69, 9.17) is 0 Å². The van der Waals surface area contributed by atoms with Crippen LogP contribution in [0.3, 0.4) is 0 Å². The van der Waals surface area contributed by atoms with Crippen LogP contribution in [0.25, 0.3) is 0 Å². The van der Waals surface area contributed by atoms with Crippen molar-refractivity contribution in [2.75, 3.05) is 32.7 Å². The fraction of sp³-hybridized carbons (Fsp3) is 0.667. The maximum absolute atomic E-state index is 13.0. The average molecular weight is 476 g/mol. The van der Waals surface area contributed by atoms with E-state index in [1.807, 2.05) is 11.0 Å². The van der Waals surface area contributed by atoms with Gasteiger partial charge in [-0.1, -0.05) is 40.9 Å². The number of carbonyl (C=O) groups excluding carboxylic acids is 2. The quantitative estimate of drug-likeness (QED) is 0.622. The number of amides is 2. The third-order valence-corrected chi connectivity index (χ3v) is 7.28. The van der Waals surface area contributed by atoms with Crippen LogP contribution in [0.2, 0.25) is 0 Å². The van der Waals surface area contributed by atoms with E-state index in [9.17, 15) is 9.59 Å². The third kappa shape index (κ3) is 5.85. The summed E-state index contributed by atoms with van der Waals surface area (Å²) in [4.78, 5) is 32.3. The molecule has 5 nitrogen and oxygen atoms in total. The van der Waals surface area contributed by atoms with Crippen LogP contribution in [0.5, 0.6) is 0 Å². The second-order valence-electron chi connectivity index (χ2n) is 9.16. The van der Waals surface area contributed by atoms with Crippen LogP contribution < -0.4 is 0 Å². The van der Waals surface area contributed by atoms with Crippen molar-refractivity contribution in [1.82, 2.24) is 14.7 Å². The fourth-order valence-electron chi connectivity index (χ4n) is 4.82. The Kier molecular flexibility index (Phi) is 7.47. The summed E-state index contributed by atoms with van der Waals surface area (Å²) < 4.78 is 1.08. The molecule has 1 aromatic rings. The van der Waals surface area contributed by atoms with Crippen LogP contribution in [-0.2, 0) is 16.1 Å². The molecule has 0 bridgehead atoms. The first-order valence-electron chi connectivity index (χ1n) is 11.7. The molecule has 30 heavy (non-hydrogen) atoms. The lowest BCUT2D eigenvalue weighted by atomic mass is 9.95. The molecule has 3 fully saturated rings. The lowest BCUT2D eigenvalue weighted by Gasteiger charge is -2.35. The molecular weight excluding hydrogens is 442 g/mol. The number of nitrogens with zero attached hydrogens (tertiary/aromatic N) is 3. The number of benzene rings is 1. The lowest BCUT2D eigenvalue weighted by Crippen LogP contribution is -2.47. The summed E-state index contributed by atoms with van der Waals surface area (Å²) in [5.74, 6) is 0.657. The summed E-state index contributed by atoms with van der Waals surface area (Å²) in [5, 5.41) is 0. The van der Waals surface area contributed by atoms with E-state index >= 15 is 0 Å². The van der Waals surface area contributed by atoms with Gasteiger partial charge in [0.15, 0.2) is 0 Å². The minimum Gasteiger partial charge on any atom is -0.342 e. The van der Waals surface area contributed by atoms with Crippen LogP contribution in [0, 0.1) is 5.92 Å². The van der Waals surface area contributed by atoms with Crippen molar-refractivity contribution in [3.8, 4) is 0 Å². The predicted molar refractivity (Wildman–Crippen MR) is 122 cm³/mol. The number of piperidine rings is 1. The van der Waals surface area contributed by atoms with Gasteiger partial charge in [-0.15, -0.1) is 0 Å². The summed E-state index contributed by atoms with van der Waals surface area (Å²) in [6.07, 6.45) is 8.77. The summed E-state index contributed by atoms with van der Waals surface area (Å²) in [7, 11) is 0. The first-order valence-corrected chi connectivity index (χ1v) is 12.4. The van der Waals surface area contributed by atoms with Crippen molar-refractivity contribution in [2.24, 2.45) is 5.92 Å². The van der Waals surface area contributed by atoms with Crippen molar-refractivity contribution < 1.29 is 9.59 Å². The monoisotopic (exact) mass is 475 g/mol. The third-order valence-electron chi connectivity index (χ3n) is 6.79. The average Bonchev–Trinajstić information content (AvgIpc) is 3.60. The molecule has 0 N–H and O–H groups in total. The Hall–Kier alpha value is -1.40. The second-order valence-corrected chi connectivity index (χ2v) is 10.1. The molecule has 0 atom stereocenters. The normalized spacial score (nSPS) is 21.0. The number of halogens is 1. The zero-order valence-electron chi connectivity index (χ0n) is 17.9. The smallest absolute Gasteiger partial charge is 0.236 e. The molecular formula is C24H34BrN3O2. The molecule has 0 radical (unpaired) electrons. The van der Waals surface area contributed by atoms with Crippen LogP contribution in [0.15, 0.2) is 28.7 Å². The minimum atomic E-state index is 0.105. The number of carbonyl (C=O) groups is 2. The molecule has 2 saturated heterocycles. The highest BCUT2D eigenvalue weighted by atomic mass is 79.9. The molecule has 164 valence electrons. The molecule has 0 unspecified atom stereocenters. The molecule has 0 spiro atoms. The maximum atomic E-state index is 13.0. The summed E-state index contributed by atoms with van der Waals surface area (Å²) >= 11 is 3.54. The Morgan fingerprint density at radius 3 is 2.27 bits per heavy atom. The Labute approximate surface area is 188 Å². The Bertz CT molecular complexity index is 736. The van der Waals surface area contributed by atoms with E-state index in [2.05, 4.69) is 43.9 Å². The lowest BCUT2D eigenvalue weighted by molar-refractivity contribution is -0.141. The standard InChI is InChI=1S/C24H34BrN3O2/c25-21-7-5-6-19(16-21)17-28(22-8-9-22)18-23(29)26-14-10-20(11-15-26)24(30)27-12-3-1-2-4-13-27/h5-7,16,20,22H,1-4,8-15,17-18H2. The van der Waals surface area contributed by atoms with Gasteiger partial charge in [0.1, 0.15) is 0 Å². The van der Waals surface area contributed by atoms with Gasteiger partial charge >= 0.3 is 0 Å². The molecule has 4 rings (SSSR count). The van der Waals surface area contributed by atoms with Gasteiger partial charge in [0, 0.05) is 49.2 Å². The molecule has 3 aliphatic rings. The topological polar surface area (TPSA) is 43.9 Å². The zero-order chi connectivity index (χ0) is 20.9. The van der Waals surface area contributed by atoms with E-state index in [0.717, 1.165) is 62.9 Å². The maximum Gasteiger partial charge on any atom is 0.236 e. The number of likely N-dealkylation sites (tertiary alicyclic amines) is 2. The van der Waals surface area contributed by atoms with Gasteiger partial charge in [0.05, 0.1) is 6.54 Å². The highest BCUT2D eigenvalue weighted by molar-refractivity contribution is 9.10. The van der Waals surface area contributed by atoms with Crippen LogP contribution in [0.1, 0.15) is 56.9 Å². The Balaban J connectivity index is 1.27. The molecule has 6 heteroatoms. The van der Waals surface area contributed by atoms with Gasteiger partial charge in [-0.05, 0) is 56.2 Å². The van der Waals surface area contributed by atoms with Gasteiger partial charge < -0.3 is 9.80 Å². The second kappa shape index (κ2) is 10.3. The van der Waals surface area contributed by atoms with E-state index < -0.39 is 0 Å².